The number of carbonyl (C=O) groups is 2. The van der Waals surface area contributed by atoms with Crippen LogP contribution in [-0.4, -0.2) is 19.7 Å². The van der Waals surface area contributed by atoms with Crippen LogP contribution in [0.2, 0.25) is 0 Å². The number of aryl methyl sites for hydroxylation is 1. The molecule has 4 nitrogen and oxygen atoms in total. The second kappa shape index (κ2) is 7.74. The minimum Gasteiger partial charge on any atom is -0.356 e. The number of rotatable bonds is 3. The van der Waals surface area contributed by atoms with Gasteiger partial charge in [0.05, 0.1) is 0 Å². The number of hydrogen-bond donors (Lipinski definition) is 2. The summed E-state index contributed by atoms with van der Waals surface area (Å²) in [5.41, 5.74) is 3.78. The van der Waals surface area contributed by atoms with Crippen LogP contribution >= 0.6 is 0 Å². The van der Waals surface area contributed by atoms with Gasteiger partial charge in [-0.15, -0.1) is 0 Å². The normalized spacial score (nSPS) is 9.10. The van der Waals surface area contributed by atoms with Gasteiger partial charge in [-0.05, 0) is 37.3 Å². The molecule has 4 heteroatoms. The van der Waals surface area contributed by atoms with Crippen molar-refractivity contribution in [3.05, 3.63) is 59.7 Å². The molecule has 2 rings (SSSR count). The lowest BCUT2D eigenvalue weighted by Gasteiger charge is -2.08. The van der Waals surface area contributed by atoms with E-state index in [0.717, 1.165) is 11.4 Å². The van der Waals surface area contributed by atoms with Gasteiger partial charge in [0, 0.05) is 24.0 Å². The SMILES string of the molecule is C=O.CNC(=O)c1cccc(Nc2ccc(C)cc2)c1. The average Bonchev–Trinajstić information content (AvgIpc) is 2.51. The van der Waals surface area contributed by atoms with Crippen molar-refractivity contribution >= 4 is 24.1 Å². The zero-order chi connectivity index (χ0) is 15.0. The second-order valence-corrected chi connectivity index (χ2v) is 4.15. The molecule has 2 aromatic carbocycles. The zero-order valence-electron chi connectivity index (χ0n) is 11.6. The van der Waals surface area contributed by atoms with E-state index in [2.05, 4.69) is 17.6 Å². The number of amides is 1. The van der Waals surface area contributed by atoms with Gasteiger partial charge in [0.25, 0.3) is 5.91 Å². The molecular formula is C16H18N2O2. The molecule has 0 aliphatic heterocycles. The van der Waals surface area contributed by atoms with E-state index in [1.54, 1.807) is 13.1 Å². The molecule has 1 amide bonds. The van der Waals surface area contributed by atoms with E-state index in [9.17, 15) is 4.79 Å². The third-order valence-corrected chi connectivity index (χ3v) is 2.69. The number of nitrogens with one attached hydrogen (secondary N) is 2. The Bertz CT molecular complexity index is 565. The first-order chi connectivity index (χ1) is 9.69. The molecule has 20 heavy (non-hydrogen) atoms. The van der Waals surface area contributed by atoms with Crippen LogP contribution in [0.3, 0.4) is 0 Å². The van der Waals surface area contributed by atoms with Gasteiger partial charge in [0.1, 0.15) is 6.79 Å². The van der Waals surface area contributed by atoms with Gasteiger partial charge in [-0.25, -0.2) is 0 Å². The maximum atomic E-state index is 11.5. The topological polar surface area (TPSA) is 58.2 Å². The van der Waals surface area contributed by atoms with Gasteiger partial charge < -0.3 is 15.4 Å². The molecule has 0 heterocycles. The van der Waals surface area contributed by atoms with E-state index in [1.807, 2.05) is 49.3 Å². The van der Waals surface area contributed by atoms with Crippen molar-refractivity contribution < 1.29 is 9.59 Å². The average molecular weight is 270 g/mol. The van der Waals surface area contributed by atoms with Crippen LogP contribution in [0.25, 0.3) is 0 Å². The molecule has 2 aromatic rings. The molecule has 0 saturated carbocycles. The summed E-state index contributed by atoms with van der Waals surface area (Å²) in [6.07, 6.45) is 0. The Morgan fingerprint density at radius 2 is 1.65 bits per heavy atom. The predicted molar refractivity (Wildman–Crippen MR) is 81.4 cm³/mol. The van der Waals surface area contributed by atoms with Crippen LogP contribution in [0, 0.1) is 6.92 Å². The van der Waals surface area contributed by atoms with Gasteiger partial charge in [0.2, 0.25) is 0 Å². The van der Waals surface area contributed by atoms with Gasteiger partial charge in [-0.1, -0.05) is 23.8 Å². The van der Waals surface area contributed by atoms with Gasteiger partial charge >= 0.3 is 0 Å². The summed E-state index contributed by atoms with van der Waals surface area (Å²) in [6, 6.07) is 15.5. The van der Waals surface area contributed by atoms with E-state index >= 15 is 0 Å². The fourth-order valence-electron chi connectivity index (χ4n) is 1.69. The van der Waals surface area contributed by atoms with Gasteiger partial charge in [0.15, 0.2) is 0 Å². The fraction of sp³-hybridized carbons (Fsp3) is 0.125. The highest BCUT2D eigenvalue weighted by atomic mass is 16.1. The van der Waals surface area contributed by atoms with Crippen molar-refractivity contribution in [1.29, 1.82) is 0 Å². The first-order valence-electron chi connectivity index (χ1n) is 6.14. The molecule has 0 spiro atoms. The molecule has 0 aliphatic carbocycles. The third kappa shape index (κ3) is 4.24. The molecule has 0 fully saturated rings. The Labute approximate surface area is 118 Å². The molecule has 104 valence electrons. The van der Waals surface area contributed by atoms with Crippen LogP contribution in [0.4, 0.5) is 11.4 Å². The predicted octanol–water partition coefficient (Wildman–Crippen LogP) is 2.91. The molecule has 0 atom stereocenters. The van der Waals surface area contributed by atoms with E-state index in [0.29, 0.717) is 5.56 Å². The van der Waals surface area contributed by atoms with Crippen molar-refractivity contribution in [3.63, 3.8) is 0 Å². The highest BCUT2D eigenvalue weighted by molar-refractivity contribution is 5.95. The van der Waals surface area contributed by atoms with Crippen LogP contribution in [0.1, 0.15) is 15.9 Å². The van der Waals surface area contributed by atoms with Crippen molar-refractivity contribution in [3.8, 4) is 0 Å². The van der Waals surface area contributed by atoms with E-state index in [-0.39, 0.29) is 5.91 Å². The highest BCUT2D eigenvalue weighted by Crippen LogP contribution is 2.18. The van der Waals surface area contributed by atoms with Crippen molar-refractivity contribution in [2.45, 2.75) is 6.92 Å². The number of carbonyl (C=O) groups excluding carboxylic acids is 2. The lowest BCUT2D eigenvalue weighted by Crippen LogP contribution is -2.17. The van der Waals surface area contributed by atoms with Crippen LogP contribution < -0.4 is 10.6 Å². The van der Waals surface area contributed by atoms with Gasteiger partial charge in [-0.3, -0.25) is 4.79 Å². The molecule has 0 saturated heterocycles. The molecule has 2 N–H and O–H groups in total. The summed E-state index contributed by atoms with van der Waals surface area (Å²) in [7, 11) is 1.63. The Hall–Kier alpha value is -2.62. The number of anilines is 2. The highest BCUT2D eigenvalue weighted by Gasteiger charge is 2.03. The third-order valence-electron chi connectivity index (χ3n) is 2.69. The van der Waals surface area contributed by atoms with Crippen LogP contribution in [0.15, 0.2) is 48.5 Å². The van der Waals surface area contributed by atoms with Gasteiger partial charge in [-0.2, -0.15) is 0 Å². The maximum Gasteiger partial charge on any atom is 0.251 e. The summed E-state index contributed by atoms with van der Waals surface area (Å²) in [5, 5.41) is 5.88. The lowest BCUT2D eigenvalue weighted by atomic mass is 10.1. The molecule has 0 aliphatic rings. The fourth-order valence-corrected chi connectivity index (χ4v) is 1.69. The summed E-state index contributed by atoms with van der Waals surface area (Å²) in [6.45, 7) is 4.05. The summed E-state index contributed by atoms with van der Waals surface area (Å²) < 4.78 is 0. The minimum atomic E-state index is -0.0810. The maximum absolute atomic E-state index is 11.5. The molecule has 0 unspecified atom stereocenters. The van der Waals surface area contributed by atoms with Crippen LogP contribution in [-0.2, 0) is 4.79 Å². The van der Waals surface area contributed by atoms with Crippen molar-refractivity contribution in [2.24, 2.45) is 0 Å². The minimum absolute atomic E-state index is 0.0810. The largest absolute Gasteiger partial charge is 0.356 e. The Morgan fingerprint density at radius 3 is 2.25 bits per heavy atom. The molecule has 0 bridgehead atoms. The molecule has 0 aromatic heterocycles. The molecular weight excluding hydrogens is 252 g/mol. The summed E-state index contributed by atoms with van der Waals surface area (Å²) in [4.78, 5) is 19.5. The Morgan fingerprint density at radius 1 is 1.00 bits per heavy atom. The van der Waals surface area contributed by atoms with Crippen LogP contribution in [0.5, 0.6) is 0 Å². The Balaban J connectivity index is 0.000000956. The lowest BCUT2D eigenvalue weighted by molar-refractivity contribution is -0.0979. The zero-order valence-corrected chi connectivity index (χ0v) is 11.6. The smallest absolute Gasteiger partial charge is 0.251 e. The van der Waals surface area contributed by atoms with E-state index in [1.165, 1.54) is 5.56 Å². The monoisotopic (exact) mass is 270 g/mol. The number of hydrogen-bond acceptors (Lipinski definition) is 3. The number of benzene rings is 2. The van der Waals surface area contributed by atoms with Crippen molar-refractivity contribution in [1.82, 2.24) is 5.32 Å². The quantitative estimate of drug-likeness (QED) is 0.901. The summed E-state index contributed by atoms with van der Waals surface area (Å²) in [5.74, 6) is -0.0810. The molecule has 0 radical (unpaired) electrons. The van der Waals surface area contributed by atoms with E-state index in [4.69, 9.17) is 4.79 Å². The van der Waals surface area contributed by atoms with E-state index < -0.39 is 0 Å². The standard InChI is InChI=1S/C15H16N2O.CH2O/c1-11-6-8-13(9-7-11)17-14-5-3-4-12(10-14)15(18)16-2;1-2/h3-10,17H,1-2H3,(H,16,18);1H2. The summed E-state index contributed by atoms with van der Waals surface area (Å²) >= 11 is 0. The second-order valence-electron chi connectivity index (χ2n) is 4.15. The van der Waals surface area contributed by atoms with Crippen molar-refractivity contribution in [2.75, 3.05) is 12.4 Å². The first-order valence-corrected chi connectivity index (χ1v) is 6.14. The Kier molecular flexibility index (Phi) is 5.97. The first kappa shape index (κ1) is 15.4.